The molecule has 0 aromatic carbocycles. The average Bonchev–Trinajstić information content (AvgIpc) is 2.53. The van der Waals surface area contributed by atoms with E-state index in [0.29, 0.717) is 13.2 Å². The van der Waals surface area contributed by atoms with Gasteiger partial charge in [0.15, 0.2) is 5.76 Å². The largest absolute Gasteiger partial charge is 0.379 e. The number of hydrogen-bond acceptors (Lipinski definition) is 4. The van der Waals surface area contributed by atoms with Crippen molar-refractivity contribution in [3.05, 3.63) is 59.7 Å². The van der Waals surface area contributed by atoms with Crippen LogP contribution in [0.3, 0.4) is 0 Å². The van der Waals surface area contributed by atoms with Gasteiger partial charge in [-0.1, -0.05) is 12.1 Å². The molecule has 0 N–H and O–H groups in total. The van der Waals surface area contributed by atoms with E-state index in [-0.39, 0.29) is 6.10 Å². The average molecular weight is 270 g/mol. The van der Waals surface area contributed by atoms with Gasteiger partial charge in [-0.05, 0) is 30.7 Å². The normalized spacial score (nSPS) is 21.2. The van der Waals surface area contributed by atoms with Gasteiger partial charge in [0.25, 0.3) is 0 Å². The maximum atomic E-state index is 5.36. The van der Waals surface area contributed by atoms with Crippen LogP contribution in [0.2, 0.25) is 0 Å². The fourth-order valence-electron chi connectivity index (χ4n) is 2.22. The van der Waals surface area contributed by atoms with Crippen LogP contribution >= 0.6 is 0 Å². The third-order valence-corrected chi connectivity index (χ3v) is 3.22. The van der Waals surface area contributed by atoms with Crippen LogP contribution in [0.5, 0.6) is 0 Å². The molecular weight excluding hydrogens is 254 g/mol. The number of ether oxygens (including phenoxy) is 1. The number of nitrogens with zero attached hydrogens (tertiary/aromatic N) is 1. The zero-order chi connectivity index (χ0) is 13.8. The van der Waals surface area contributed by atoms with Gasteiger partial charge in [-0.25, -0.2) is 0 Å². The molecule has 4 heteroatoms. The van der Waals surface area contributed by atoms with Gasteiger partial charge in [0.05, 0.1) is 12.8 Å². The summed E-state index contributed by atoms with van der Waals surface area (Å²) in [6.07, 6.45) is 11.4. The molecule has 1 aliphatic carbocycles. The topological polar surface area (TPSA) is 40.6 Å². The first-order valence-corrected chi connectivity index (χ1v) is 6.73. The number of aromatic nitrogens is 1. The Kier molecular flexibility index (Phi) is 3.95. The van der Waals surface area contributed by atoms with Crippen LogP contribution in [0.15, 0.2) is 47.9 Å². The number of rotatable bonds is 4. The summed E-state index contributed by atoms with van der Waals surface area (Å²) in [5, 5.41) is 0. The first-order chi connectivity index (χ1) is 9.86. The van der Waals surface area contributed by atoms with Gasteiger partial charge in [0, 0.05) is 30.4 Å². The molecule has 1 radical (unpaired) electrons. The first kappa shape index (κ1) is 13.1. The number of allylic oxidation sites excluding steroid dienone is 4. The van der Waals surface area contributed by atoms with Crippen molar-refractivity contribution in [3.8, 4) is 0 Å². The lowest BCUT2D eigenvalue weighted by Gasteiger charge is -2.25. The molecule has 1 aliphatic heterocycles. The maximum absolute atomic E-state index is 5.36. The Morgan fingerprint density at radius 2 is 2.35 bits per heavy atom. The van der Waals surface area contributed by atoms with Crippen molar-refractivity contribution >= 4 is 5.57 Å². The molecule has 1 unspecified atom stereocenters. The molecule has 0 saturated heterocycles. The van der Waals surface area contributed by atoms with Crippen molar-refractivity contribution in [2.75, 3.05) is 13.2 Å². The number of fused-ring (bicyclic) bond motifs is 1. The van der Waals surface area contributed by atoms with Crippen LogP contribution < -0.4 is 0 Å². The minimum absolute atomic E-state index is 0.153. The highest BCUT2D eigenvalue weighted by Gasteiger charge is 2.23. The summed E-state index contributed by atoms with van der Waals surface area (Å²) < 4.78 is 5.36. The fourth-order valence-corrected chi connectivity index (χ4v) is 2.22. The predicted molar refractivity (Wildman–Crippen MR) is 74.3 cm³/mol. The number of pyridine rings is 1. The van der Waals surface area contributed by atoms with E-state index < -0.39 is 0 Å². The molecule has 0 fully saturated rings. The van der Waals surface area contributed by atoms with E-state index in [4.69, 9.17) is 14.5 Å². The molecule has 3 rings (SSSR count). The zero-order valence-corrected chi connectivity index (χ0v) is 11.3. The van der Waals surface area contributed by atoms with Gasteiger partial charge in [-0.3, -0.25) is 4.98 Å². The molecule has 4 nitrogen and oxygen atoms in total. The predicted octanol–water partition coefficient (Wildman–Crippen LogP) is 2.85. The van der Waals surface area contributed by atoms with Crippen molar-refractivity contribution in [1.29, 1.82) is 0 Å². The van der Waals surface area contributed by atoms with Crippen molar-refractivity contribution in [2.24, 2.45) is 0 Å². The molecule has 1 aromatic heterocycles. The summed E-state index contributed by atoms with van der Waals surface area (Å²) in [6, 6.07) is 3.93. The van der Waals surface area contributed by atoms with Crippen molar-refractivity contribution < 1.29 is 14.5 Å². The van der Waals surface area contributed by atoms with Crippen LogP contribution in [0.4, 0.5) is 0 Å². The molecule has 20 heavy (non-hydrogen) atoms. The molecular formula is C16H16NO3. The van der Waals surface area contributed by atoms with Crippen LogP contribution in [-0.4, -0.2) is 24.3 Å². The van der Waals surface area contributed by atoms with Gasteiger partial charge in [-0.15, -0.1) is 0 Å². The van der Waals surface area contributed by atoms with Gasteiger partial charge in [-0.2, -0.15) is 4.89 Å². The lowest BCUT2D eigenvalue weighted by Crippen LogP contribution is -2.23. The summed E-state index contributed by atoms with van der Waals surface area (Å²) in [6.45, 7) is 3.13. The summed E-state index contributed by atoms with van der Waals surface area (Å²) in [7, 11) is 0. The third-order valence-electron chi connectivity index (χ3n) is 3.22. The van der Waals surface area contributed by atoms with Gasteiger partial charge >= 0.3 is 0 Å². The highest BCUT2D eigenvalue weighted by molar-refractivity contribution is 5.71. The Bertz CT molecular complexity index is 560. The van der Waals surface area contributed by atoms with E-state index in [0.717, 1.165) is 23.3 Å². The zero-order valence-electron chi connectivity index (χ0n) is 11.3. The minimum atomic E-state index is -0.153. The smallest absolute Gasteiger partial charge is 0.168 e. The van der Waals surface area contributed by atoms with E-state index in [1.165, 1.54) is 5.57 Å². The van der Waals surface area contributed by atoms with Gasteiger partial charge in [0.1, 0.15) is 6.10 Å². The summed E-state index contributed by atoms with van der Waals surface area (Å²) in [5.74, 6) is 0.769. The third kappa shape index (κ3) is 2.81. The van der Waals surface area contributed by atoms with E-state index in [2.05, 4.69) is 17.3 Å². The first-order valence-electron chi connectivity index (χ1n) is 6.73. The molecule has 1 aromatic rings. The lowest BCUT2D eigenvalue weighted by molar-refractivity contribution is -0.294. The molecule has 2 heterocycles. The summed E-state index contributed by atoms with van der Waals surface area (Å²) >= 11 is 0. The fraction of sp³-hybridized carbons (Fsp3) is 0.312. The SMILES string of the molecule is CCOCC1C=C2CC(c3[c]nccc3)=CC=C2OO1. The van der Waals surface area contributed by atoms with Crippen LogP contribution in [0.25, 0.3) is 5.57 Å². The summed E-state index contributed by atoms with van der Waals surface area (Å²) in [4.78, 5) is 14.6. The molecule has 0 amide bonds. The van der Waals surface area contributed by atoms with Crippen molar-refractivity contribution in [3.63, 3.8) is 0 Å². The Labute approximate surface area is 118 Å². The second kappa shape index (κ2) is 6.03. The Morgan fingerprint density at radius 1 is 1.40 bits per heavy atom. The second-order valence-corrected chi connectivity index (χ2v) is 4.63. The monoisotopic (exact) mass is 270 g/mol. The quantitative estimate of drug-likeness (QED) is 0.789. The van der Waals surface area contributed by atoms with Gasteiger partial charge < -0.3 is 9.62 Å². The number of hydrogen-bond donors (Lipinski definition) is 0. The molecule has 0 saturated carbocycles. The second-order valence-electron chi connectivity index (χ2n) is 4.63. The molecule has 0 spiro atoms. The van der Waals surface area contributed by atoms with Crippen molar-refractivity contribution in [1.82, 2.24) is 4.98 Å². The Balaban J connectivity index is 1.78. The summed E-state index contributed by atoms with van der Waals surface area (Å²) in [5.41, 5.74) is 3.31. The van der Waals surface area contributed by atoms with E-state index in [1.807, 2.05) is 31.2 Å². The highest BCUT2D eigenvalue weighted by atomic mass is 17.2. The minimum Gasteiger partial charge on any atom is -0.379 e. The standard InChI is InChI=1S/C16H16NO3/c1-2-18-11-15-9-14-8-12(5-6-16(14)20-19-15)13-4-3-7-17-10-13/h3-7,9,15H,2,8,11H2,1H3. The maximum Gasteiger partial charge on any atom is 0.168 e. The van der Waals surface area contributed by atoms with Crippen LogP contribution in [-0.2, 0) is 14.5 Å². The Morgan fingerprint density at radius 3 is 3.15 bits per heavy atom. The van der Waals surface area contributed by atoms with E-state index in [9.17, 15) is 0 Å². The lowest BCUT2D eigenvalue weighted by atomic mass is 9.92. The van der Waals surface area contributed by atoms with Crippen molar-refractivity contribution in [2.45, 2.75) is 19.4 Å². The van der Waals surface area contributed by atoms with Crippen LogP contribution in [0.1, 0.15) is 18.9 Å². The molecule has 2 aliphatic rings. The van der Waals surface area contributed by atoms with E-state index in [1.54, 1.807) is 6.20 Å². The highest BCUT2D eigenvalue weighted by Crippen LogP contribution is 2.33. The molecule has 103 valence electrons. The van der Waals surface area contributed by atoms with E-state index >= 15 is 0 Å². The van der Waals surface area contributed by atoms with Crippen LogP contribution in [0, 0.1) is 6.20 Å². The van der Waals surface area contributed by atoms with Gasteiger partial charge in [0.2, 0.25) is 0 Å². The Hall–Kier alpha value is -1.91. The molecule has 0 bridgehead atoms. The molecule has 1 atom stereocenters.